The summed E-state index contributed by atoms with van der Waals surface area (Å²) in [4.78, 5) is 24.1. The van der Waals surface area contributed by atoms with Crippen molar-refractivity contribution in [2.75, 3.05) is 31.2 Å². The molecule has 5 nitrogen and oxygen atoms in total. The van der Waals surface area contributed by atoms with Crippen LogP contribution in [0.3, 0.4) is 0 Å². The Bertz CT molecular complexity index is 527. The SMILES string of the molecule is CC(=Cc1ccc(N2CCOCC2)cc1)C(=O)C(=O)O. The summed E-state index contributed by atoms with van der Waals surface area (Å²) in [6, 6.07) is 7.69. The third kappa shape index (κ3) is 3.45. The van der Waals surface area contributed by atoms with Gasteiger partial charge in [-0.25, -0.2) is 4.79 Å². The molecule has 1 aromatic rings. The number of carboxylic acid groups (broad SMARTS) is 1. The van der Waals surface area contributed by atoms with Crippen molar-refractivity contribution in [3.8, 4) is 0 Å². The summed E-state index contributed by atoms with van der Waals surface area (Å²) in [6.45, 7) is 4.70. The Morgan fingerprint density at radius 3 is 2.35 bits per heavy atom. The van der Waals surface area contributed by atoms with Crippen molar-refractivity contribution in [3.05, 3.63) is 35.4 Å². The number of hydrogen-bond acceptors (Lipinski definition) is 4. The van der Waals surface area contributed by atoms with E-state index >= 15 is 0 Å². The second-order valence-electron chi connectivity index (χ2n) is 4.65. The Labute approximate surface area is 117 Å². The molecule has 0 amide bonds. The Morgan fingerprint density at radius 1 is 1.20 bits per heavy atom. The first kappa shape index (κ1) is 14.3. The van der Waals surface area contributed by atoms with Gasteiger partial charge in [0.05, 0.1) is 13.2 Å². The number of ketones is 1. The third-order valence-electron chi connectivity index (χ3n) is 3.20. The fourth-order valence-electron chi connectivity index (χ4n) is 2.09. The van der Waals surface area contributed by atoms with Gasteiger partial charge >= 0.3 is 5.97 Å². The molecule has 106 valence electrons. The van der Waals surface area contributed by atoms with Crippen molar-refractivity contribution in [3.63, 3.8) is 0 Å². The predicted molar refractivity (Wildman–Crippen MR) is 75.8 cm³/mol. The van der Waals surface area contributed by atoms with Crippen LogP contribution in [0.5, 0.6) is 0 Å². The van der Waals surface area contributed by atoms with Gasteiger partial charge in [-0.2, -0.15) is 0 Å². The number of anilines is 1. The van der Waals surface area contributed by atoms with Gasteiger partial charge in [0.2, 0.25) is 0 Å². The van der Waals surface area contributed by atoms with Gasteiger partial charge in [-0.3, -0.25) is 4.79 Å². The van der Waals surface area contributed by atoms with Gasteiger partial charge in [0.1, 0.15) is 0 Å². The summed E-state index contributed by atoms with van der Waals surface area (Å²) in [5.41, 5.74) is 2.14. The molecule has 1 aromatic carbocycles. The number of Topliss-reactive ketones (excluding diaryl/α,β-unsaturated/α-hetero) is 1. The van der Waals surface area contributed by atoms with Crippen LogP contribution in [0.15, 0.2) is 29.8 Å². The largest absolute Gasteiger partial charge is 0.475 e. The zero-order chi connectivity index (χ0) is 14.5. The minimum Gasteiger partial charge on any atom is -0.475 e. The second-order valence-corrected chi connectivity index (χ2v) is 4.65. The highest BCUT2D eigenvalue weighted by atomic mass is 16.5. The van der Waals surface area contributed by atoms with Crippen LogP contribution in [0.25, 0.3) is 6.08 Å². The topological polar surface area (TPSA) is 66.8 Å². The number of hydrogen-bond donors (Lipinski definition) is 1. The summed E-state index contributed by atoms with van der Waals surface area (Å²) in [5.74, 6) is -2.30. The van der Waals surface area contributed by atoms with Crippen molar-refractivity contribution < 1.29 is 19.4 Å². The number of rotatable bonds is 4. The highest BCUT2D eigenvalue weighted by molar-refractivity contribution is 6.40. The van der Waals surface area contributed by atoms with Crippen LogP contribution >= 0.6 is 0 Å². The van der Waals surface area contributed by atoms with E-state index in [4.69, 9.17) is 9.84 Å². The quantitative estimate of drug-likeness (QED) is 0.667. The molecule has 0 aromatic heterocycles. The van der Waals surface area contributed by atoms with Gasteiger partial charge in [0, 0.05) is 24.4 Å². The number of carbonyl (C=O) groups is 2. The van der Waals surface area contributed by atoms with Gasteiger partial charge in [0.15, 0.2) is 0 Å². The summed E-state index contributed by atoms with van der Waals surface area (Å²) in [7, 11) is 0. The van der Waals surface area contributed by atoms with E-state index in [1.807, 2.05) is 24.3 Å². The zero-order valence-corrected chi connectivity index (χ0v) is 11.3. The van der Waals surface area contributed by atoms with Crippen molar-refractivity contribution in [2.45, 2.75) is 6.92 Å². The monoisotopic (exact) mass is 275 g/mol. The van der Waals surface area contributed by atoms with Crippen LogP contribution in [0.4, 0.5) is 5.69 Å². The van der Waals surface area contributed by atoms with Crippen LogP contribution in [0.1, 0.15) is 12.5 Å². The van der Waals surface area contributed by atoms with Crippen LogP contribution in [0, 0.1) is 0 Å². The lowest BCUT2D eigenvalue weighted by atomic mass is 10.1. The average Bonchev–Trinajstić information content (AvgIpc) is 2.48. The summed E-state index contributed by atoms with van der Waals surface area (Å²) in [6.07, 6.45) is 1.58. The van der Waals surface area contributed by atoms with E-state index in [0.717, 1.165) is 37.6 Å². The van der Waals surface area contributed by atoms with Gasteiger partial charge < -0.3 is 14.7 Å². The standard InChI is InChI=1S/C15H17NO4/c1-11(14(17)15(18)19)10-12-2-4-13(5-3-12)16-6-8-20-9-7-16/h2-5,10H,6-9H2,1H3,(H,18,19). The van der Waals surface area contributed by atoms with E-state index in [-0.39, 0.29) is 5.57 Å². The molecule has 1 heterocycles. The molecule has 0 unspecified atom stereocenters. The number of carbonyl (C=O) groups excluding carboxylic acids is 1. The van der Waals surface area contributed by atoms with Gasteiger partial charge in [-0.1, -0.05) is 12.1 Å². The maximum atomic E-state index is 11.3. The number of ether oxygens (including phenoxy) is 1. The lowest BCUT2D eigenvalue weighted by Crippen LogP contribution is -2.36. The lowest BCUT2D eigenvalue weighted by molar-refractivity contribution is -0.147. The minimum atomic E-state index is -1.43. The molecule has 0 saturated carbocycles. The molecule has 1 aliphatic rings. The maximum absolute atomic E-state index is 11.3. The molecule has 0 bridgehead atoms. The molecule has 1 saturated heterocycles. The van der Waals surface area contributed by atoms with E-state index in [9.17, 15) is 9.59 Å². The normalized spacial score (nSPS) is 16.1. The first-order valence-electron chi connectivity index (χ1n) is 6.46. The zero-order valence-electron chi connectivity index (χ0n) is 11.3. The van der Waals surface area contributed by atoms with Gasteiger partial charge in [-0.15, -0.1) is 0 Å². The van der Waals surface area contributed by atoms with E-state index in [1.165, 1.54) is 6.92 Å². The van der Waals surface area contributed by atoms with Crippen molar-refractivity contribution in [1.29, 1.82) is 0 Å². The van der Waals surface area contributed by atoms with Crippen molar-refractivity contribution >= 4 is 23.5 Å². The van der Waals surface area contributed by atoms with Crippen LogP contribution in [-0.4, -0.2) is 43.2 Å². The molecular weight excluding hydrogens is 258 g/mol. The average molecular weight is 275 g/mol. The Hall–Kier alpha value is -2.14. The third-order valence-corrected chi connectivity index (χ3v) is 3.20. The number of morpholine rings is 1. The molecule has 2 rings (SSSR count). The summed E-state index contributed by atoms with van der Waals surface area (Å²) in [5, 5.41) is 8.64. The minimum absolute atomic E-state index is 0.219. The number of aliphatic carboxylic acids is 1. The molecule has 0 radical (unpaired) electrons. The molecule has 0 atom stereocenters. The predicted octanol–water partition coefficient (Wildman–Crippen LogP) is 1.58. The molecule has 1 fully saturated rings. The highest BCUT2D eigenvalue weighted by Gasteiger charge is 2.14. The molecule has 20 heavy (non-hydrogen) atoms. The Kier molecular flexibility index (Phi) is 4.53. The number of benzene rings is 1. The fraction of sp³-hybridized carbons (Fsp3) is 0.333. The van der Waals surface area contributed by atoms with Crippen molar-refractivity contribution in [1.82, 2.24) is 0 Å². The Balaban J connectivity index is 2.09. The first-order valence-corrected chi connectivity index (χ1v) is 6.46. The molecule has 1 N–H and O–H groups in total. The van der Waals surface area contributed by atoms with E-state index < -0.39 is 11.8 Å². The maximum Gasteiger partial charge on any atom is 0.376 e. The molecule has 0 aliphatic carbocycles. The number of carboxylic acids is 1. The van der Waals surface area contributed by atoms with E-state index in [2.05, 4.69) is 4.90 Å². The number of nitrogens with zero attached hydrogens (tertiary/aromatic N) is 1. The first-order chi connectivity index (χ1) is 9.58. The molecule has 5 heteroatoms. The van der Waals surface area contributed by atoms with Crippen LogP contribution in [-0.2, 0) is 14.3 Å². The molecule has 1 aliphatic heterocycles. The van der Waals surface area contributed by atoms with Gasteiger partial charge in [0.25, 0.3) is 5.78 Å². The van der Waals surface area contributed by atoms with Gasteiger partial charge in [-0.05, 0) is 30.7 Å². The van der Waals surface area contributed by atoms with Crippen LogP contribution in [0.2, 0.25) is 0 Å². The smallest absolute Gasteiger partial charge is 0.376 e. The molecular formula is C15H17NO4. The van der Waals surface area contributed by atoms with Crippen molar-refractivity contribution in [2.24, 2.45) is 0 Å². The summed E-state index contributed by atoms with van der Waals surface area (Å²) >= 11 is 0. The highest BCUT2D eigenvalue weighted by Crippen LogP contribution is 2.18. The lowest BCUT2D eigenvalue weighted by Gasteiger charge is -2.28. The fourth-order valence-corrected chi connectivity index (χ4v) is 2.09. The van der Waals surface area contributed by atoms with E-state index in [1.54, 1.807) is 6.08 Å². The van der Waals surface area contributed by atoms with E-state index in [0.29, 0.717) is 0 Å². The van der Waals surface area contributed by atoms with Crippen LogP contribution < -0.4 is 4.90 Å². The molecule has 0 spiro atoms. The second kappa shape index (κ2) is 6.34. The Morgan fingerprint density at radius 2 is 1.80 bits per heavy atom. The summed E-state index contributed by atoms with van der Waals surface area (Å²) < 4.78 is 5.30.